The molecule has 0 spiro atoms. The standard InChI is InChI=1S/C21H22ClFN4O/c1-26-19-5-3-2-4-18(19)25-20(26)13-27-10-8-14(9-11-27)21(28)24-15-6-7-17(23)16(22)12-15/h2-7,12,14H,8-11,13H2,1H3,(H,24,28). The Kier molecular flexibility index (Phi) is 5.33. The number of fused-ring (bicyclic) bond motifs is 1. The highest BCUT2D eigenvalue weighted by atomic mass is 35.5. The van der Waals surface area contributed by atoms with Gasteiger partial charge < -0.3 is 9.88 Å². The smallest absolute Gasteiger partial charge is 0.227 e. The van der Waals surface area contributed by atoms with Gasteiger partial charge in [0.1, 0.15) is 11.6 Å². The van der Waals surface area contributed by atoms with E-state index < -0.39 is 5.82 Å². The van der Waals surface area contributed by atoms with Gasteiger partial charge in [-0.1, -0.05) is 23.7 Å². The average Bonchev–Trinajstić information content (AvgIpc) is 3.01. The van der Waals surface area contributed by atoms with Crippen LogP contribution in [0.4, 0.5) is 10.1 Å². The fraction of sp³-hybridized carbons (Fsp3) is 0.333. The van der Waals surface area contributed by atoms with Crippen LogP contribution in [0.2, 0.25) is 5.02 Å². The lowest BCUT2D eigenvalue weighted by Gasteiger charge is -2.31. The Morgan fingerprint density at radius 2 is 2.00 bits per heavy atom. The number of aryl methyl sites for hydroxylation is 1. The normalized spacial score (nSPS) is 15.8. The number of benzene rings is 2. The molecule has 0 aliphatic carbocycles. The van der Waals surface area contributed by atoms with Crippen LogP contribution >= 0.6 is 11.6 Å². The van der Waals surface area contributed by atoms with Crippen molar-refractivity contribution in [3.8, 4) is 0 Å². The van der Waals surface area contributed by atoms with Crippen molar-refractivity contribution < 1.29 is 9.18 Å². The van der Waals surface area contributed by atoms with Crippen LogP contribution in [-0.2, 0) is 18.4 Å². The summed E-state index contributed by atoms with van der Waals surface area (Å²) in [5, 5.41) is 2.86. The number of amides is 1. The predicted molar refractivity (Wildman–Crippen MR) is 109 cm³/mol. The molecule has 0 unspecified atom stereocenters. The summed E-state index contributed by atoms with van der Waals surface area (Å²) < 4.78 is 15.4. The molecule has 1 N–H and O–H groups in total. The molecule has 0 saturated carbocycles. The second kappa shape index (κ2) is 7.89. The van der Waals surface area contributed by atoms with Gasteiger partial charge in [-0.3, -0.25) is 9.69 Å². The Morgan fingerprint density at radius 1 is 1.25 bits per heavy atom. The lowest BCUT2D eigenvalue weighted by Crippen LogP contribution is -2.38. The summed E-state index contributed by atoms with van der Waals surface area (Å²) in [6, 6.07) is 12.3. The molecule has 2 aromatic carbocycles. The number of para-hydroxylation sites is 2. The Hall–Kier alpha value is -2.44. The fourth-order valence-electron chi connectivity index (χ4n) is 3.71. The van der Waals surface area contributed by atoms with Crippen LogP contribution < -0.4 is 5.32 Å². The summed E-state index contributed by atoms with van der Waals surface area (Å²) in [6.45, 7) is 2.45. The van der Waals surface area contributed by atoms with Gasteiger partial charge >= 0.3 is 0 Å². The average molecular weight is 401 g/mol. The van der Waals surface area contributed by atoms with E-state index in [2.05, 4.69) is 20.9 Å². The van der Waals surface area contributed by atoms with Gasteiger partial charge in [0.15, 0.2) is 0 Å². The van der Waals surface area contributed by atoms with Crippen molar-refractivity contribution in [2.24, 2.45) is 13.0 Å². The zero-order valence-electron chi connectivity index (χ0n) is 15.7. The second-order valence-electron chi connectivity index (χ2n) is 7.24. The maximum absolute atomic E-state index is 13.3. The van der Waals surface area contributed by atoms with E-state index in [1.165, 1.54) is 18.2 Å². The molecule has 4 rings (SSSR count). The van der Waals surface area contributed by atoms with Crippen LogP contribution in [0, 0.1) is 11.7 Å². The number of likely N-dealkylation sites (tertiary alicyclic amines) is 1. The highest BCUT2D eigenvalue weighted by molar-refractivity contribution is 6.31. The Bertz CT molecular complexity index is 1010. The topological polar surface area (TPSA) is 50.2 Å². The van der Waals surface area contributed by atoms with E-state index in [1.807, 2.05) is 25.2 Å². The number of hydrogen-bond donors (Lipinski definition) is 1. The Labute approximate surface area is 168 Å². The van der Waals surface area contributed by atoms with Gasteiger partial charge in [-0.15, -0.1) is 0 Å². The van der Waals surface area contributed by atoms with Gasteiger partial charge in [0.2, 0.25) is 5.91 Å². The first kappa shape index (κ1) is 18.9. The molecule has 1 saturated heterocycles. The number of rotatable bonds is 4. The van der Waals surface area contributed by atoms with Crippen molar-refractivity contribution in [1.29, 1.82) is 0 Å². The Balaban J connectivity index is 1.34. The number of imidazole rings is 1. The lowest BCUT2D eigenvalue weighted by molar-refractivity contribution is -0.121. The molecule has 1 aliphatic rings. The minimum absolute atomic E-state index is 0.00933. The molecule has 0 atom stereocenters. The van der Waals surface area contributed by atoms with Crippen molar-refractivity contribution >= 4 is 34.2 Å². The molecule has 0 radical (unpaired) electrons. The second-order valence-corrected chi connectivity index (χ2v) is 7.65. The maximum atomic E-state index is 13.3. The van der Waals surface area contributed by atoms with Crippen LogP contribution in [0.1, 0.15) is 18.7 Å². The minimum atomic E-state index is -0.491. The molecule has 0 bridgehead atoms. The van der Waals surface area contributed by atoms with Gasteiger partial charge in [0.25, 0.3) is 0 Å². The molecular formula is C21H22ClFN4O. The zero-order chi connectivity index (χ0) is 19.7. The number of carbonyl (C=O) groups excluding carboxylic acids is 1. The quantitative estimate of drug-likeness (QED) is 0.713. The fourth-order valence-corrected chi connectivity index (χ4v) is 3.89. The van der Waals surface area contributed by atoms with Gasteiger partial charge in [0, 0.05) is 18.7 Å². The lowest BCUT2D eigenvalue weighted by atomic mass is 9.96. The van der Waals surface area contributed by atoms with Crippen molar-refractivity contribution in [1.82, 2.24) is 14.5 Å². The van der Waals surface area contributed by atoms with E-state index in [0.29, 0.717) is 5.69 Å². The first-order chi connectivity index (χ1) is 13.5. The highest BCUT2D eigenvalue weighted by Crippen LogP contribution is 2.24. The molecule has 28 heavy (non-hydrogen) atoms. The third kappa shape index (κ3) is 3.88. The molecule has 1 aromatic heterocycles. The zero-order valence-corrected chi connectivity index (χ0v) is 16.4. The summed E-state index contributed by atoms with van der Waals surface area (Å²) in [7, 11) is 2.04. The highest BCUT2D eigenvalue weighted by Gasteiger charge is 2.26. The van der Waals surface area contributed by atoms with Crippen LogP contribution in [0.3, 0.4) is 0 Å². The molecular weight excluding hydrogens is 379 g/mol. The largest absolute Gasteiger partial charge is 0.330 e. The first-order valence-electron chi connectivity index (χ1n) is 9.40. The molecule has 1 aliphatic heterocycles. The third-order valence-electron chi connectivity index (χ3n) is 5.39. The van der Waals surface area contributed by atoms with Gasteiger partial charge in [-0.05, 0) is 56.3 Å². The van der Waals surface area contributed by atoms with E-state index in [4.69, 9.17) is 16.6 Å². The van der Waals surface area contributed by atoms with Gasteiger partial charge in [0.05, 0.1) is 22.6 Å². The van der Waals surface area contributed by atoms with Crippen LogP contribution in [-0.4, -0.2) is 33.4 Å². The first-order valence-corrected chi connectivity index (χ1v) is 9.77. The molecule has 146 valence electrons. The van der Waals surface area contributed by atoms with E-state index in [-0.39, 0.29) is 16.8 Å². The molecule has 5 nitrogen and oxygen atoms in total. The number of nitrogens with zero attached hydrogens (tertiary/aromatic N) is 3. The van der Waals surface area contributed by atoms with Crippen molar-refractivity contribution in [2.45, 2.75) is 19.4 Å². The monoisotopic (exact) mass is 400 g/mol. The van der Waals surface area contributed by atoms with E-state index >= 15 is 0 Å². The number of aromatic nitrogens is 2. The SMILES string of the molecule is Cn1c(CN2CCC(C(=O)Nc3ccc(F)c(Cl)c3)CC2)nc2ccccc21. The molecule has 7 heteroatoms. The number of hydrogen-bond acceptors (Lipinski definition) is 3. The number of nitrogens with one attached hydrogen (secondary N) is 1. The van der Waals surface area contributed by atoms with Crippen LogP contribution in [0.5, 0.6) is 0 Å². The number of halogens is 2. The van der Waals surface area contributed by atoms with Gasteiger partial charge in [-0.25, -0.2) is 9.37 Å². The van der Waals surface area contributed by atoms with Crippen LogP contribution in [0.25, 0.3) is 11.0 Å². The number of anilines is 1. The maximum Gasteiger partial charge on any atom is 0.227 e. The number of piperidine rings is 1. The minimum Gasteiger partial charge on any atom is -0.330 e. The molecule has 3 aromatic rings. The van der Waals surface area contributed by atoms with E-state index in [0.717, 1.165) is 49.3 Å². The summed E-state index contributed by atoms with van der Waals surface area (Å²) in [5.41, 5.74) is 2.66. The summed E-state index contributed by atoms with van der Waals surface area (Å²) in [6.07, 6.45) is 1.56. The summed E-state index contributed by atoms with van der Waals surface area (Å²) in [4.78, 5) is 19.6. The van der Waals surface area contributed by atoms with Crippen LogP contribution in [0.15, 0.2) is 42.5 Å². The molecule has 2 heterocycles. The number of carbonyl (C=O) groups is 1. The van der Waals surface area contributed by atoms with Gasteiger partial charge in [-0.2, -0.15) is 0 Å². The van der Waals surface area contributed by atoms with Crippen molar-refractivity contribution in [2.75, 3.05) is 18.4 Å². The summed E-state index contributed by atoms with van der Waals surface area (Å²) >= 11 is 5.78. The van der Waals surface area contributed by atoms with E-state index in [1.54, 1.807) is 0 Å². The summed E-state index contributed by atoms with van der Waals surface area (Å²) in [5.74, 6) is 0.450. The molecule has 1 amide bonds. The van der Waals surface area contributed by atoms with Crippen molar-refractivity contribution in [3.63, 3.8) is 0 Å². The van der Waals surface area contributed by atoms with Crippen molar-refractivity contribution in [3.05, 3.63) is 59.1 Å². The predicted octanol–water partition coefficient (Wildman–Crippen LogP) is 4.22. The third-order valence-corrected chi connectivity index (χ3v) is 5.68. The van der Waals surface area contributed by atoms with E-state index in [9.17, 15) is 9.18 Å². The molecule has 1 fully saturated rings. The Morgan fingerprint density at radius 3 is 2.71 bits per heavy atom.